The van der Waals surface area contributed by atoms with E-state index in [1.54, 1.807) is 0 Å². The number of aliphatic carboxylic acids is 1. The number of hydrogen-bond acceptors (Lipinski definition) is 2. The fourth-order valence-corrected chi connectivity index (χ4v) is 3.68. The summed E-state index contributed by atoms with van der Waals surface area (Å²) >= 11 is 0. The lowest BCUT2D eigenvalue weighted by Gasteiger charge is -2.16. The highest BCUT2D eigenvalue weighted by atomic mass is 16.4. The minimum absolute atomic E-state index is 0.0521. The second kappa shape index (κ2) is 4.22. The van der Waals surface area contributed by atoms with Crippen molar-refractivity contribution < 1.29 is 14.7 Å². The smallest absolute Gasteiger partial charge is 0.307 e. The van der Waals surface area contributed by atoms with Crippen molar-refractivity contribution in [2.45, 2.75) is 39.5 Å². The van der Waals surface area contributed by atoms with E-state index in [1.807, 2.05) is 13.8 Å². The largest absolute Gasteiger partial charge is 0.481 e. The zero-order valence-electron chi connectivity index (χ0n) is 11.7. The molecule has 0 spiro atoms. The van der Waals surface area contributed by atoms with E-state index in [9.17, 15) is 9.59 Å². The van der Waals surface area contributed by atoms with E-state index in [0.29, 0.717) is 5.92 Å². The van der Waals surface area contributed by atoms with Crippen molar-refractivity contribution in [2.75, 3.05) is 6.54 Å². The molecule has 0 aromatic heterocycles. The summed E-state index contributed by atoms with van der Waals surface area (Å²) in [6.07, 6.45) is 5.24. The molecule has 106 valence electrons. The molecule has 4 nitrogen and oxygen atoms in total. The van der Waals surface area contributed by atoms with Crippen LogP contribution in [0.4, 0.5) is 0 Å². The number of amides is 1. The molecule has 3 aliphatic carbocycles. The molecule has 3 rings (SSSR count). The quantitative estimate of drug-likeness (QED) is 0.770. The van der Waals surface area contributed by atoms with Gasteiger partial charge in [0.25, 0.3) is 0 Å². The van der Waals surface area contributed by atoms with Crippen molar-refractivity contribution >= 4 is 11.9 Å². The monoisotopic (exact) mass is 265 g/mol. The van der Waals surface area contributed by atoms with Crippen molar-refractivity contribution in [3.8, 4) is 0 Å². The average molecular weight is 265 g/mol. The molecule has 0 aromatic rings. The predicted octanol–water partition coefficient (Wildman–Crippen LogP) is 1.90. The van der Waals surface area contributed by atoms with Gasteiger partial charge in [0.15, 0.2) is 0 Å². The van der Waals surface area contributed by atoms with Gasteiger partial charge in [-0.15, -0.1) is 0 Å². The normalized spacial score (nSPS) is 32.2. The zero-order chi connectivity index (χ0) is 13.8. The van der Waals surface area contributed by atoms with Crippen molar-refractivity contribution in [3.05, 3.63) is 0 Å². The van der Waals surface area contributed by atoms with Crippen LogP contribution < -0.4 is 5.32 Å². The van der Waals surface area contributed by atoms with Crippen molar-refractivity contribution in [1.29, 1.82) is 0 Å². The maximum Gasteiger partial charge on any atom is 0.307 e. The number of rotatable bonds is 6. The van der Waals surface area contributed by atoms with Crippen LogP contribution in [0.3, 0.4) is 0 Å². The van der Waals surface area contributed by atoms with Gasteiger partial charge in [-0.25, -0.2) is 0 Å². The van der Waals surface area contributed by atoms with E-state index in [4.69, 9.17) is 5.11 Å². The number of nitrogens with one attached hydrogen (secondary N) is 1. The van der Waals surface area contributed by atoms with Crippen molar-refractivity contribution in [1.82, 2.24) is 5.32 Å². The summed E-state index contributed by atoms with van der Waals surface area (Å²) in [6, 6.07) is 0. The van der Waals surface area contributed by atoms with E-state index < -0.39 is 11.9 Å². The molecule has 0 saturated heterocycles. The van der Waals surface area contributed by atoms with Gasteiger partial charge in [-0.2, -0.15) is 0 Å². The first-order valence-electron chi connectivity index (χ1n) is 7.43. The van der Waals surface area contributed by atoms with Crippen LogP contribution >= 0.6 is 0 Å². The lowest BCUT2D eigenvalue weighted by atomic mass is 9.98. The Morgan fingerprint density at radius 2 is 1.68 bits per heavy atom. The summed E-state index contributed by atoms with van der Waals surface area (Å²) in [5, 5.41) is 12.1. The average Bonchev–Trinajstić information content (AvgIpc) is 3.17. The third kappa shape index (κ3) is 2.37. The topological polar surface area (TPSA) is 66.4 Å². The van der Waals surface area contributed by atoms with Gasteiger partial charge in [-0.05, 0) is 48.9 Å². The number of carboxylic acid groups (broad SMARTS) is 1. The van der Waals surface area contributed by atoms with Gasteiger partial charge >= 0.3 is 5.97 Å². The molecule has 2 N–H and O–H groups in total. The van der Waals surface area contributed by atoms with E-state index in [2.05, 4.69) is 5.32 Å². The van der Waals surface area contributed by atoms with E-state index in [0.717, 1.165) is 18.4 Å². The minimum Gasteiger partial charge on any atom is -0.481 e. The lowest BCUT2D eigenvalue weighted by molar-refractivity contribution is -0.140. The molecule has 3 aliphatic rings. The third-order valence-corrected chi connectivity index (χ3v) is 5.34. The number of carbonyl (C=O) groups excluding carboxylic acids is 1. The SMILES string of the molecule is CC1(C)[C@H](C(=O)O)[C@@H]1C(=O)NCC(C1CC1)C1CC1. The van der Waals surface area contributed by atoms with Crippen molar-refractivity contribution in [2.24, 2.45) is 35.0 Å². The van der Waals surface area contributed by atoms with Crippen LogP contribution in [0.2, 0.25) is 0 Å². The molecule has 0 aliphatic heterocycles. The Morgan fingerprint density at radius 1 is 1.16 bits per heavy atom. The minimum atomic E-state index is -0.842. The van der Waals surface area contributed by atoms with Crippen LogP contribution in [0, 0.1) is 35.0 Å². The van der Waals surface area contributed by atoms with Crippen LogP contribution in [0.15, 0.2) is 0 Å². The first-order valence-corrected chi connectivity index (χ1v) is 7.43. The number of carboxylic acids is 1. The van der Waals surface area contributed by atoms with Gasteiger partial charge in [0.2, 0.25) is 5.91 Å². The Labute approximate surface area is 113 Å². The Balaban J connectivity index is 1.53. The molecule has 0 aromatic carbocycles. The molecule has 19 heavy (non-hydrogen) atoms. The van der Waals surface area contributed by atoms with Crippen LogP contribution in [0.25, 0.3) is 0 Å². The Hall–Kier alpha value is -1.06. The molecular formula is C15H23NO3. The summed E-state index contributed by atoms with van der Waals surface area (Å²) in [4.78, 5) is 23.2. The summed E-state index contributed by atoms with van der Waals surface area (Å²) in [6.45, 7) is 4.50. The van der Waals surface area contributed by atoms with E-state index in [1.165, 1.54) is 25.7 Å². The standard InChI is InChI=1S/C15H23NO3/c1-15(2)11(12(15)14(18)19)13(17)16-7-10(8-3-4-8)9-5-6-9/h8-12H,3-7H2,1-2H3,(H,16,17)(H,18,19)/t11-,12+/m1/s1. The highest BCUT2D eigenvalue weighted by molar-refractivity contribution is 5.91. The lowest BCUT2D eigenvalue weighted by Crippen LogP contribution is -2.33. The molecule has 3 saturated carbocycles. The van der Waals surface area contributed by atoms with Gasteiger partial charge in [-0.1, -0.05) is 13.8 Å². The molecule has 2 atom stereocenters. The molecule has 0 unspecified atom stereocenters. The molecular weight excluding hydrogens is 242 g/mol. The summed E-state index contributed by atoms with van der Waals surface area (Å²) in [5.74, 6) is 0.534. The highest BCUT2D eigenvalue weighted by Gasteiger charge is 2.65. The molecule has 0 heterocycles. The fraction of sp³-hybridized carbons (Fsp3) is 0.867. The summed E-state index contributed by atoms with van der Waals surface area (Å²) in [5.41, 5.74) is -0.384. The van der Waals surface area contributed by atoms with Gasteiger partial charge in [0.1, 0.15) is 0 Å². The van der Waals surface area contributed by atoms with Gasteiger partial charge < -0.3 is 10.4 Å². The van der Waals surface area contributed by atoms with E-state index >= 15 is 0 Å². The first kappa shape index (κ1) is 12.9. The molecule has 1 amide bonds. The highest BCUT2D eigenvalue weighted by Crippen LogP contribution is 2.58. The fourth-order valence-electron chi connectivity index (χ4n) is 3.68. The van der Waals surface area contributed by atoms with E-state index in [-0.39, 0.29) is 17.2 Å². The second-order valence-electron chi connectivity index (χ2n) is 7.20. The van der Waals surface area contributed by atoms with Crippen LogP contribution in [-0.4, -0.2) is 23.5 Å². The second-order valence-corrected chi connectivity index (χ2v) is 7.20. The number of carbonyl (C=O) groups is 2. The van der Waals surface area contributed by atoms with Gasteiger partial charge in [0.05, 0.1) is 11.8 Å². The van der Waals surface area contributed by atoms with Gasteiger partial charge in [0, 0.05) is 6.54 Å². The maximum absolute atomic E-state index is 12.2. The maximum atomic E-state index is 12.2. The van der Waals surface area contributed by atoms with Crippen molar-refractivity contribution in [3.63, 3.8) is 0 Å². The Bertz CT molecular complexity index is 398. The summed E-state index contributed by atoms with van der Waals surface area (Å²) < 4.78 is 0. The van der Waals surface area contributed by atoms with Crippen LogP contribution in [0.1, 0.15) is 39.5 Å². The predicted molar refractivity (Wildman–Crippen MR) is 70.3 cm³/mol. The zero-order valence-corrected chi connectivity index (χ0v) is 11.7. The number of hydrogen-bond donors (Lipinski definition) is 2. The summed E-state index contributed by atoms with van der Waals surface area (Å²) in [7, 11) is 0. The van der Waals surface area contributed by atoms with Gasteiger partial charge in [-0.3, -0.25) is 9.59 Å². The Kier molecular flexibility index (Phi) is 2.88. The molecule has 3 fully saturated rings. The third-order valence-electron chi connectivity index (χ3n) is 5.34. The van der Waals surface area contributed by atoms with Crippen LogP contribution in [0.5, 0.6) is 0 Å². The molecule has 0 radical (unpaired) electrons. The first-order chi connectivity index (χ1) is 8.93. The molecule has 0 bridgehead atoms. The molecule has 4 heteroatoms. The Morgan fingerprint density at radius 3 is 2.05 bits per heavy atom. The van der Waals surface area contributed by atoms with Crippen LogP contribution in [-0.2, 0) is 9.59 Å².